The van der Waals surface area contributed by atoms with Crippen molar-refractivity contribution in [2.75, 3.05) is 17.7 Å². The smallest absolute Gasteiger partial charge is 0.419 e. The lowest BCUT2D eigenvalue weighted by Gasteiger charge is -2.20. The van der Waals surface area contributed by atoms with Crippen molar-refractivity contribution in [2.45, 2.75) is 6.04 Å². The van der Waals surface area contributed by atoms with Crippen molar-refractivity contribution >= 4 is 28.4 Å². The molecule has 152 valence electrons. The lowest BCUT2D eigenvalue weighted by Crippen LogP contribution is -2.27. The molecular weight excluding hydrogens is 382 g/mol. The van der Waals surface area contributed by atoms with Crippen LogP contribution < -0.4 is 21.1 Å². The maximum atomic E-state index is 13.1. The predicted octanol–water partition coefficient (Wildman–Crippen LogP) is 3.93. The Hall–Kier alpha value is -4.00. The van der Waals surface area contributed by atoms with Crippen LogP contribution in [0.15, 0.2) is 82.0 Å². The van der Waals surface area contributed by atoms with Gasteiger partial charge in [0.05, 0.1) is 12.6 Å². The Labute approximate surface area is 172 Å². The van der Waals surface area contributed by atoms with E-state index in [1.807, 2.05) is 48.5 Å². The van der Waals surface area contributed by atoms with Crippen LogP contribution in [0.4, 0.5) is 11.4 Å². The number of rotatable bonds is 6. The largest absolute Gasteiger partial charge is 0.497 e. The fraction of sp³-hybridized carbons (Fsp3) is 0.130. The molecule has 0 saturated carbocycles. The normalized spacial score (nSPS) is 11.8. The molecule has 7 nitrogen and oxygen atoms in total. The molecule has 7 heteroatoms. The first-order valence-corrected chi connectivity index (χ1v) is 9.41. The van der Waals surface area contributed by atoms with Gasteiger partial charge in [-0.15, -0.1) is 0 Å². The molecular formula is C23H21N3O4. The molecule has 0 aliphatic carbocycles. The van der Waals surface area contributed by atoms with Gasteiger partial charge in [0, 0.05) is 30.6 Å². The number of carbonyl (C=O) groups is 1. The molecule has 1 unspecified atom stereocenters. The molecule has 0 bridgehead atoms. The van der Waals surface area contributed by atoms with Crippen molar-refractivity contribution < 1.29 is 13.9 Å². The zero-order valence-corrected chi connectivity index (χ0v) is 16.6. The van der Waals surface area contributed by atoms with Gasteiger partial charge in [-0.3, -0.25) is 9.36 Å². The van der Waals surface area contributed by atoms with Crippen LogP contribution in [0.2, 0.25) is 0 Å². The van der Waals surface area contributed by atoms with E-state index in [0.29, 0.717) is 28.2 Å². The number of methoxy groups -OCH3 is 1. The van der Waals surface area contributed by atoms with Crippen LogP contribution >= 0.6 is 0 Å². The molecule has 1 aromatic heterocycles. The number of oxazole rings is 1. The monoisotopic (exact) mass is 403 g/mol. The number of hydrogen-bond donors (Lipinski definition) is 2. The van der Waals surface area contributed by atoms with Crippen LogP contribution in [-0.4, -0.2) is 17.6 Å². The summed E-state index contributed by atoms with van der Waals surface area (Å²) in [4.78, 5) is 24.9. The van der Waals surface area contributed by atoms with Crippen LogP contribution in [0, 0.1) is 0 Å². The summed E-state index contributed by atoms with van der Waals surface area (Å²) < 4.78 is 11.9. The highest BCUT2D eigenvalue weighted by Crippen LogP contribution is 2.25. The second kappa shape index (κ2) is 8.16. The number of anilines is 2. The van der Waals surface area contributed by atoms with E-state index in [4.69, 9.17) is 9.15 Å². The van der Waals surface area contributed by atoms with Gasteiger partial charge in [0.15, 0.2) is 5.58 Å². The third-order valence-electron chi connectivity index (χ3n) is 4.84. The summed E-state index contributed by atoms with van der Waals surface area (Å²) in [5.41, 5.74) is 3.22. The summed E-state index contributed by atoms with van der Waals surface area (Å²) in [5, 5.41) is 6.18. The first kappa shape index (κ1) is 19.3. The number of carbonyl (C=O) groups excluding carboxylic acids is 1. The van der Waals surface area contributed by atoms with Gasteiger partial charge >= 0.3 is 5.76 Å². The summed E-state index contributed by atoms with van der Waals surface area (Å²) in [6, 6.07) is 21.2. The molecule has 2 N–H and O–H groups in total. The first-order chi connectivity index (χ1) is 14.5. The average Bonchev–Trinajstić information content (AvgIpc) is 3.05. The molecule has 0 spiro atoms. The molecule has 4 rings (SSSR count). The lowest BCUT2D eigenvalue weighted by molar-refractivity contribution is -0.117. The maximum Gasteiger partial charge on any atom is 0.419 e. The third kappa shape index (κ3) is 3.91. The van der Waals surface area contributed by atoms with Gasteiger partial charge in [-0.1, -0.05) is 36.4 Å². The van der Waals surface area contributed by atoms with Gasteiger partial charge in [-0.2, -0.15) is 0 Å². The Bertz CT molecular complexity index is 1240. The van der Waals surface area contributed by atoms with Crippen molar-refractivity contribution in [1.82, 2.24) is 4.57 Å². The summed E-state index contributed by atoms with van der Waals surface area (Å²) in [6.45, 7) is 0. The van der Waals surface area contributed by atoms with E-state index in [1.165, 1.54) is 4.57 Å². The van der Waals surface area contributed by atoms with E-state index in [9.17, 15) is 9.59 Å². The highest BCUT2D eigenvalue weighted by Gasteiger charge is 2.21. The number of nitrogens with one attached hydrogen (secondary N) is 2. The van der Waals surface area contributed by atoms with Gasteiger partial charge in [0.25, 0.3) is 5.91 Å². The van der Waals surface area contributed by atoms with Crippen LogP contribution in [0.1, 0.15) is 11.6 Å². The number of aryl methyl sites for hydroxylation is 1. The molecule has 1 amide bonds. The van der Waals surface area contributed by atoms with Crippen molar-refractivity contribution in [3.8, 4) is 5.75 Å². The van der Waals surface area contributed by atoms with E-state index >= 15 is 0 Å². The number of benzene rings is 3. The van der Waals surface area contributed by atoms with E-state index in [1.54, 1.807) is 38.4 Å². The molecule has 0 aliphatic rings. The Balaban J connectivity index is 1.64. The topological polar surface area (TPSA) is 85.5 Å². The van der Waals surface area contributed by atoms with Crippen molar-refractivity contribution in [3.05, 3.63) is 88.9 Å². The van der Waals surface area contributed by atoms with Gasteiger partial charge < -0.3 is 19.8 Å². The molecule has 4 aromatic rings. The average molecular weight is 403 g/mol. The molecule has 1 heterocycles. The summed E-state index contributed by atoms with van der Waals surface area (Å²) in [7, 11) is 3.23. The Morgan fingerprint density at radius 2 is 1.80 bits per heavy atom. The second-order valence-electron chi connectivity index (χ2n) is 6.82. The van der Waals surface area contributed by atoms with Gasteiger partial charge in [0.2, 0.25) is 0 Å². The number of amides is 1. The van der Waals surface area contributed by atoms with Crippen molar-refractivity contribution in [3.63, 3.8) is 0 Å². The highest BCUT2D eigenvalue weighted by molar-refractivity contribution is 5.97. The fourth-order valence-electron chi connectivity index (χ4n) is 3.25. The Morgan fingerprint density at radius 1 is 1.00 bits per heavy atom. The van der Waals surface area contributed by atoms with E-state index in [0.717, 1.165) is 5.56 Å². The van der Waals surface area contributed by atoms with E-state index in [2.05, 4.69) is 10.6 Å². The molecule has 0 fully saturated rings. The van der Waals surface area contributed by atoms with Crippen LogP contribution in [0.3, 0.4) is 0 Å². The summed E-state index contributed by atoms with van der Waals surface area (Å²) in [6.07, 6.45) is 0. The Morgan fingerprint density at radius 3 is 2.57 bits per heavy atom. The molecule has 1 atom stereocenters. The van der Waals surface area contributed by atoms with Crippen LogP contribution in [0.5, 0.6) is 5.75 Å². The fourth-order valence-corrected chi connectivity index (χ4v) is 3.25. The molecule has 30 heavy (non-hydrogen) atoms. The quantitative estimate of drug-likeness (QED) is 0.509. The number of nitrogens with zero attached hydrogens (tertiary/aromatic N) is 1. The first-order valence-electron chi connectivity index (χ1n) is 9.41. The molecule has 0 radical (unpaired) electrons. The number of fused-ring (bicyclic) bond motifs is 1. The summed E-state index contributed by atoms with van der Waals surface area (Å²) >= 11 is 0. The van der Waals surface area contributed by atoms with Crippen LogP contribution in [-0.2, 0) is 11.8 Å². The van der Waals surface area contributed by atoms with E-state index in [-0.39, 0.29) is 5.91 Å². The van der Waals surface area contributed by atoms with Crippen molar-refractivity contribution in [1.29, 1.82) is 0 Å². The molecule has 3 aromatic carbocycles. The number of aromatic nitrogens is 1. The maximum absolute atomic E-state index is 13.1. The minimum absolute atomic E-state index is 0.232. The van der Waals surface area contributed by atoms with Crippen LogP contribution in [0.25, 0.3) is 11.1 Å². The third-order valence-corrected chi connectivity index (χ3v) is 4.84. The Kier molecular flexibility index (Phi) is 5.26. The van der Waals surface area contributed by atoms with E-state index < -0.39 is 11.8 Å². The van der Waals surface area contributed by atoms with Gasteiger partial charge in [0.1, 0.15) is 11.8 Å². The zero-order valence-electron chi connectivity index (χ0n) is 16.6. The standard InChI is InChI=1S/C23H21N3O4/c1-26-19-12-11-17(14-20(19)30-23(26)28)24-21(15-7-4-3-5-8-15)22(27)25-16-9-6-10-18(13-16)29-2/h3-14,21,24H,1-2H3,(H,25,27). The minimum Gasteiger partial charge on any atom is -0.497 e. The lowest BCUT2D eigenvalue weighted by atomic mass is 10.1. The van der Waals surface area contributed by atoms with Gasteiger partial charge in [-0.25, -0.2) is 4.79 Å². The zero-order chi connectivity index (χ0) is 21.1. The predicted molar refractivity (Wildman–Crippen MR) is 116 cm³/mol. The molecule has 0 aliphatic heterocycles. The highest BCUT2D eigenvalue weighted by atomic mass is 16.5. The number of hydrogen-bond acceptors (Lipinski definition) is 5. The molecule has 0 saturated heterocycles. The summed E-state index contributed by atoms with van der Waals surface area (Å²) in [5.74, 6) is -0.0110. The minimum atomic E-state index is -0.662. The number of ether oxygens (including phenoxy) is 1. The SMILES string of the molecule is COc1cccc(NC(=O)C(Nc2ccc3c(c2)oc(=O)n3C)c2ccccc2)c1. The second-order valence-corrected chi connectivity index (χ2v) is 6.82. The van der Waals surface area contributed by atoms with Crippen molar-refractivity contribution in [2.24, 2.45) is 7.05 Å². The van der Waals surface area contributed by atoms with Gasteiger partial charge in [-0.05, 0) is 29.8 Å².